The Bertz CT molecular complexity index is 1980. The summed E-state index contributed by atoms with van der Waals surface area (Å²) in [6.45, 7) is 30.7. The van der Waals surface area contributed by atoms with Crippen LogP contribution in [0.1, 0.15) is 42.0 Å². The molecule has 0 saturated carbocycles. The Morgan fingerprint density at radius 3 is 1.27 bits per heavy atom. The molecule has 0 spiro atoms. The Morgan fingerprint density at radius 2 is 0.857 bits per heavy atom. The molecule has 1 unspecified atom stereocenters. The Balaban J connectivity index is 1.21. The molecule has 0 N–H and O–H groups in total. The lowest BCUT2D eigenvalue weighted by molar-refractivity contribution is 0.316. The van der Waals surface area contributed by atoms with Crippen molar-refractivity contribution in [2.24, 2.45) is 0 Å². The molecule has 5 aromatic carbocycles. The predicted molar refractivity (Wildman–Crippen MR) is 258 cm³/mol. The number of benzene rings is 5. The van der Waals surface area contributed by atoms with Gasteiger partial charge in [-0.05, 0) is 67.6 Å². The normalized spacial score (nSPS) is 13.3. The van der Waals surface area contributed by atoms with Crippen LogP contribution in [0.15, 0.2) is 115 Å². The molecule has 0 saturated heterocycles. The Morgan fingerprint density at radius 1 is 0.482 bits per heavy atom. The van der Waals surface area contributed by atoms with Crippen molar-refractivity contribution in [1.29, 1.82) is 0 Å². The van der Waals surface area contributed by atoms with E-state index in [4.69, 9.17) is 9.47 Å². The maximum Gasteiger partial charge on any atom is 0.119 e. The van der Waals surface area contributed by atoms with Gasteiger partial charge in [0.2, 0.25) is 0 Å². The summed E-state index contributed by atoms with van der Waals surface area (Å²) >= 11 is 0. The van der Waals surface area contributed by atoms with E-state index in [2.05, 4.69) is 195 Å². The third kappa shape index (κ3) is 11.0. The van der Waals surface area contributed by atoms with Gasteiger partial charge in [0.1, 0.15) is 11.5 Å². The summed E-state index contributed by atoms with van der Waals surface area (Å²) in [6, 6.07) is 46.0. The maximum atomic E-state index is 6.39. The minimum absolute atomic E-state index is 0.322. The van der Waals surface area contributed by atoms with Crippen LogP contribution in [0, 0.1) is 6.92 Å². The highest BCUT2D eigenvalue weighted by Crippen LogP contribution is 2.40. The van der Waals surface area contributed by atoms with Crippen molar-refractivity contribution in [2.75, 3.05) is 13.2 Å². The van der Waals surface area contributed by atoms with Crippen LogP contribution in [-0.2, 0) is 5.41 Å². The Labute approximate surface area is 348 Å². The molecule has 5 rings (SSSR count). The number of hydrogen-bond donors (Lipinski definition) is 0. The first kappa shape index (κ1) is 43.9. The van der Waals surface area contributed by atoms with Gasteiger partial charge in [0.15, 0.2) is 0 Å². The zero-order valence-corrected chi connectivity index (χ0v) is 41.5. The van der Waals surface area contributed by atoms with E-state index in [1.54, 1.807) is 25.9 Å². The molecule has 0 heterocycles. The van der Waals surface area contributed by atoms with Crippen molar-refractivity contribution in [2.45, 2.75) is 110 Å². The highest BCUT2D eigenvalue weighted by molar-refractivity contribution is 6.91. The summed E-state index contributed by atoms with van der Waals surface area (Å²) in [5, 5.41) is 7.99. The maximum absolute atomic E-state index is 6.39. The smallest absolute Gasteiger partial charge is 0.119 e. The molecule has 2 nitrogen and oxygen atoms in total. The van der Waals surface area contributed by atoms with E-state index < -0.39 is 42.5 Å². The molecule has 1 atom stereocenters. The molecule has 7 heteroatoms. The van der Waals surface area contributed by atoms with Gasteiger partial charge in [-0.15, -0.1) is 0 Å². The summed E-state index contributed by atoms with van der Waals surface area (Å²) in [5.41, 5.74) is 4.86. The third-order valence-electron chi connectivity index (χ3n) is 11.9. The van der Waals surface area contributed by atoms with E-state index in [1.165, 1.54) is 34.3 Å². The lowest BCUT2D eigenvalue weighted by atomic mass is 9.71. The van der Waals surface area contributed by atoms with Gasteiger partial charge in [-0.25, -0.2) is 0 Å². The van der Waals surface area contributed by atoms with Crippen LogP contribution in [-0.4, -0.2) is 55.8 Å². The molecule has 0 aliphatic carbocycles. The second-order valence-electron chi connectivity index (χ2n) is 18.1. The first-order valence-corrected chi connectivity index (χ1v) is 34.6. The quantitative estimate of drug-likeness (QED) is 0.0498. The van der Waals surface area contributed by atoms with Crippen molar-refractivity contribution in [3.63, 3.8) is 0 Å². The zero-order chi connectivity index (χ0) is 40.7. The molecular weight excluding hydrogens is 761 g/mol. The van der Waals surface area contributed by atoms with Crippen LogP contribution in [0.5, 0.6) is 11.5 Å². The van der Waals surface area contributed by atoms with Crippen LogP contribution in [0.3, 0.4) is 0 Å². The molecule has 0 fully saturated rings. The van der Waals surface area contributed by atoms with Gasteiger partial charge in [0.25, 0.3) is 0 Å². The second kappa shape index (κ2) is 19.0. The zero-order valence-electron chi connectivity index (χ0n) is 36.5. The van der Waals surface area contributed by atoms with E-state index in [0.717, 1.165) is 37.6 Å². The van der Waals surface area contributed by atoms with Crippen LogP contribution < -0.4 is 35.4 Å². The van der Waals surface area contributed by atoms with Gasteiger partial charge in [0.05, 0.1) is 55.8 Å². The van der Waals surface area contributed by atoms with Gasteiger partial charge in [-0.1, -0.05) is 200 Å². The fraction of sp³-hybridized carbons (Fsp3) is 0.388. The summed E-state index contributed by atoms with van der Waals surface area (Å²) in [5.74, 6) is 1.89. The predicted octanol–water partition coefficient (Wildman–Crippen LogP) is 10.0. The lowest BCUT2D eigenvalue weighted by Crippen LogP contribution is -2.47. The van der Waals surface area contributed by atoms with E-state index in [1.807, 2.05) is 0 Å². The SMILES string of the molecule is Cc1cc([Si](C)C)cc([Si](C)(C)CCCOc2ccc(C(C)(c3ccccc3)c3ccc(OCCC[Si](C)(C)c4cc([Si](C)C)cc([Si](C)C)c4)cc3)cc2)c1. The van der Waals surface area contributed by atoms with Crippen LogP contribution >= 0.6 is 0 Å². The van der Waals surface area contributed by atoms with Gasteiger partial charge in [-0.2, -0.15) is 0 Å². The van der Waals surface area contributed by atoms with Crippen molar-refractivity contribution in [3.8, 4) is 11.5 Å². The molecule has 0 aromatic heterocycles. The molecule has 0 bridgehead atoms. The van der Waals surface area contributed by atoms with Crippen molar-refractivity contribution < 1.29 is 9.47 Å². The molecule has 0 amide bonds. The largest absolute Gasteiger partial charge is 0.494 e. The third-order valence-corrected chi connectivity index (χ3v) is 23.2. The standard InChI is InChI=1S/C49H67O2Si5/c1-38-32-44(52(3)4)35-47(33-38)55(9,10)30-16-28-50-42-24-20-40(21-25-42)49(2,39-18-14-13-15-19-39)41-22-26-43(27-23-41)51-29-17-31-56(11,12)48-36-45(53(5)6)34-46(37-48)54(7)8/h13-15,18-27,32-37H,16-17,28-31H2,1-12H3. The van der Waals surface area contributed by atoms with Crippen molar-refractivity contribution in [1.82, 2.24) is 0 Å². The van der Waals surface area contributed by atoms with E-state index in [-0.39, 0.29) is 5.41 Å². The average molecular weight is 829 g/mol. The first-order chi connectivity index (χ1) is 26.5. The fourth-order valence-electron chi connectivity index (χ4n) is 7.80. The fourth-order valence-corrected chi connectivity index (χ4v) is 16.0. The molecule has 5 aromatic rings. The van der Waals surface area contributed by atoms with E-state index in [0.29, 0.717) is 0 Å². The number of hydrogen-bond acceptors (Lipinski definition) is 2. The highest BCUT2D eigenvalue weighted by atomic mass is 28.3. The average Bonchev–Trinajstić information content (AvgIpc) is 3.18. The Kier molecular flexibility index (Phi) is 14.9. The molecule has 0 aliphatic rings. The topological polar surface area (TPSA) is 18.5 Å². The monoisotopic (exact) mass is 827 g/mol. The van der Waals surface area contributed by atoms with E-state index in [9.17, 15) is 0 Å². The first-order valence-electron chi connectivity index (χ1n) is 20.7. The van der Waals surface area contributed by atoms with Gasteiger partial charge >= 0.3 is 0 Å². The Hall–Kier alpha value is -3.22. The summed E-state index contributed by atoms with van der Waals surface area (Å²) in [6.07, 6.45) is 2.15. The minimum atomic E-state index is -1.58. The lowest BCUT2D eigenvalue weighted by Gasteiger charge is -2.32. The summed E-state index contributed by atoms with van der Waals surface area (Å²) < 4.78 is 12.7. The second-order valence-corrected chi connectivity index (χ2v) is 35.5. The molecule has 3 radical (unpaired) electrons. The minimum Gasteiger partial charge on any atom is -0.494 e. The molecule has 295 valence electrons. The number of ether oxygens (including phenoxy) is 2. The summed E-state index contributed by atoms with van der Waals surface area (Å²) in [4.78, 5) is 0. The van der Waals surface area contributed by atoms with Gasteiger partial charge in [0, 0.05) is 5.41 Å². The van der Waals surface area contributed by atoms with Crippen molar-refractivity contribution >= 4 is 68.5 Å². The van der Waals surface area contributed by atoms with Crippen molar-refractivity contribution in [3.05, 3.63) is 138 Å². The van der Waals surface area contributed by atoms with Crippen LogP contribution in [0.25, 0.3) is 0 Å². The van der Waals surface area contributed by atoms with Gasteiger partial charge in [-0.3, -0.25) is 0 Å². The molecule has 0 aliphatic heterocycles. The number of rotatable bonds is 18. The van der Waals surface area contributed by atoms with Crippen LogP contribution in [0.4, 0.5) is 0 Å². The van der Waals surface area contributed by atoms with Crippen LogP contribution in [0.2, 0.25) is 77.6 Å². The highest BCUT2D eigenvalue weighted by Gasteiger charge is 2.31. The number of aryl methyl sites for hydroxylation is 1. The van der Waals surface area contributed by atoms with Gasteiger partial charge < -0.3 is 9.47 Å². The summed E-state index contributed by atoms with van der Waals surface area (Å²) in [7, 11) is -4.52. The molecular formula is C49H67O2Si5. The molecule has 56 heavy (non-hydrogen) atoms. The van der Waals surface area contributed by atoms with E-state index >= 15 is 0 Å².